The summed E-state index contributed by atoms with van der Waals surface area (Å²) in [4.78, 5) is 13.9. The van der Waals surface area contributed by atoms with Gasteiger partial charge in [-0.2, -0.15) is 0 Å². The van der Waals surface area contributed by atoms with Crippen molar-refractivity contribution in [2.75, 3.05) is 5.75 Å². The highest BCUT2D eigenvalue weighted by Gasteiger charge is 2.43. The largest absolute Gasteiger partial charge is 0.518 e. The van der Waals surface area contributed by atoms with Crippen LogP contribution in [0.15, 0.2) is 47.9 Å². The molecule has 4 heteroatoms. The highest BCUT2D eigenvalue weighted by Crippen LogP contribution is 2.39. The van der Waals surface area contributed by atoms with Crippen LogP contribution >= 0.6 is 11.8 Å². The molecule has 2 nitrogen and oxygen atoms in total. The average molecular weight is 337 g/mol. The second kappa shape index (κ2) is 7.05. The van der Waals surface area contributed by atoms with E-state index in [4.69, 9.17) is 4.43 Å². The van der Waals surface area contributed by atoms with Crippen molar-refractivity contribution in [3.05, 3.63) is 43.0 Å². The molecule has 22 heavy (non-hydrogen) atoms. The van der Waals surface area contributed by atoms with Crippen molar-refractivity contribution in [1.82, 2.24) is 0 Å². The van der Waals surface area contributed by atoms with Crippen LogP contribution in [0.1, 0.15) is 27.7 Å². The van der Waals surface area contributed by atoms with Gasteiger partial charge in [-0.05, 0) is 37.2 Å². The van der Waals surface area contributed by atoms with E-state index in [1.165, 1.54) is 0 Å². The molecule has 0 aliphatic carbocycles. The molecule has 0 aromatic heterocycles. The van der Waals surface area contributed by atoms with E-state index in [0.717, 1.165) is 4.90 Å². The summed E-state index contributed by atoms with van der Waals surface area (Å²) in [6.45, 7) is 16.4. The first-order chi connectivity index (χ1) is 10.0. The molecule has 122 valence electrons. The molecule has 0 saturated carbocycles. The third kappa shape index (κ3) is 4.75. The Balaban J connectivity index is 2.80. The van der Waals surface area contributed by atoms with Crippen LogP contribution < -0.4 is 0 Å². The van der Waals surface area contributed by atoms with Crippen LogP contribution in [0.25, 0.3) is 0 Å². The van der Waals surface area contributed by atoms with E-state index in [9.17, 15) is 4.79 Å². The Morgan fingerprint density at radius 1 is 1.23 bits per heavy atom. The molecule has 0 spiro atoms. The summed E-state index contributed by atoms with van der Waals surface area (Å²) in [5, 5.41) is 0.0112. The van der Waals surface area contributed by atoms with Gasteiger partial charge in [0.1, 0.15) is 0 Å². The van der Waals surface area contributed by atoms with Gasteiger partial charge in [-0.1, -0.05) is 45.0 Å². The maximum Gasteiger partial charge on any atom is 0.303 e. The maximum absolute atomic E-state index is 12.7. The Hall–Kier alpha value is -1.00. The zero-order valence-corrected chi connectivity index (χ0v) is 16.4. The van der Waals surface area contributed by atoms with Gasteiger partial charge >= 0.3 is 5.97 Å². The molecule has 0 N–H and O–H groups in total. The Labute approximate surface area is 140 Å². The van der Waals surface area contributed by atoms with Crippen LogP contribution in [-0.2, 0) is 9.22 Å². The molecule has 0 bridgehead atoms. The Bertz CT molecular complexity index is 520. The minimum atomic E-state index is -2.11. The predicted octanol–water partition coefficient (Wildman–Crippen LogP) is 5.52. The molecule has 0 aliphatic heterocycles. The SMILES string of the molecule is C=CC(C)(CSc1ccccc1)C(=O)O[Si](C)(C)C(C)(C)C. The molecule has 0 amide bonds. The van der Waals surface area contributed by atoms with Gasteiger partial charge in [0.2, 0.25) is 0 Å². The Kier molecular flexibility index (Phi) is 6.10. The van der Waals surface area contributed by atoms with Gasteiger partial charge in [-0.3, -0.25) is 4.79 Å². The third-order valence-electron chi connectivity index (χ3n) is 4.35. The minimum absolute atomic E-state index is 0.0112. The highest BCUT2D eigenvalue weighted by molar-refractivity contribution is 7.99. The molecule has 0 fully saturated rings. The van der Waals surface area contributed by atoms with Crippen molar-refractivity contribution in [3.63, 3.8) is 0 Å². The lowest BCUT2D eigenvalue weighted by molar-refractivity contribution is -0.142. The van der Waals surface area contributed by atoms with E-state index >= 15 is 0 Å². The molecule has 1 unspecified atom stereocenters. The van der Waals surface area contributed by atoms with E-state index in [1.54, 1.807) is 17.8 Å². The van der Waals surface area contributed by atoms with Crippen LogP contribution in [0, 0.1) is 5.41 Å². The smallest absolute Gasteiger partial charge is 0.303 e. The monoisotopic (exact) mass is 336 g/mol. The first-order valence-corrected chi connectivity index (χ1v) is 11.5. The lowest BCUT2D eigenvalue weighted by Gasteiger charge is -2.38. The summed E-state index contributed by atoms with van der Waals surface area (Å²) in [7, 11) is -2.11. The van der Waals surface area contributed by atoms with E-state index in [1.807, 2.05) is 37.3 Å². The number of thioether (sulfide) groups is 1. The van der Waals surface area contributed by atoms with Crippen LogP contribution in [0.5, 0.6) is 0 Å². The molecule has 0 radical (unpaired) electrons. The fourth-order valence-corrected chi connectivity index (χ4v) is 3.51. The van der Waals surface area contributed by atoms with Crippen LogP contribution in [0.3, 0.4) is 0 Å². The Morgan fingerprint density at radius 2 is 1.77 bits per heavy atom. The minimum Gasteiger partial charge on any atom is -0.518 e. The average Bonchev–Trinajstić information content (AvgIpc) is 2.44. The molecule has 1 atom stereocenters. The van der Waals surface area contributed by atoms with Gasteiger partial charge in [-0.25, -0.2) is 0 Å². The maximum atomic E-state index is 12.7. The number of rotatable bonds is 6. The van der Waals surface area contributed by atoms with Gasteiger partial charge in [0, 0.05) is 10.6 Å². The first-order valence-electron chi connectivity index (χ1n) is 7.57. The van der Waals surface area contributed by atoms with E-state index in [-0.39, 0.29) is 11.0 Å². The van der Waals surface area contributed by atoms with Crippen LogP contribution in [-0.4, -0.2) is 20.0 Å². The van der Waals surface area contributed by atoms with Crippen LogP contribution in [0.2, 0.25) is 18.1 Å². The van der Waals surface area contributed by atoms with Gasteiger partial charge in [-0.15, -0.1) is 18.3 Å². The normalized spacial score (nSPS) is 15.0. The molecule has 0 saturated heterocycles. The van der Waals surface area contributed by atoms with Crippen molar-refractivity contribution in [1.29, 1.82) is 0 Å². The summed E-state index contributed by atoms with van der Waals surface area (Å²) >= 11 is 1.66. The second-order valence-electron chi connectivity index (χ2n) is 7.37. The van der Waals surface area contributed by atoms with Crippen molar-refractivity contribution in [3.8, 4) is 0 Å². The number of benzene rings is 1. The lowest BCUT2D eigenvalue weighted by atomic mass is 9.94. The number of hydrogen-bond donors (Lipinski definition) is 0. The quantitative estimate of drug-likeness (QED) is 0.389. The summed E-state index contributed by atoms with van der Waals surface area (Å²) in [6.07, 6.45) is 1.72. The van der Waals surface area contributed by atoms with E-state index in [0.29, 0.717) is 5.75 Å². The Morgan fingerprint density at radius 3 is 2.23 bits per heavy atom. The lowest BCUT2D eigenvalue weighted by Crippen LogP contribution is -2.46. The molecule has 0 heterocycles. The summed E-state index contributed by atoms with van der Waals surface area (Å²) in [5.41, 5.74) is -0.671. The fraction of sp³-hybridized carbons (Fsp3) is 0.500. The number of hydrogen-bond acceptors (Lipinski definition) is 3. The standard InChI is InChI=1S/C18H28O2SSi/c1-8-18(5,14-21-15-12-10-9-11-13-15)16(19)20-22(6,7)17(2,3)4/h8-13H,1,14H2,2-7H3. The van der Waals surface area contributed by atoms with Gasteiger partial charge in [0.25, 0.3) is 8.32 Å². The van der Waals surface area contributed by atoms with Gasteiger partial charge in [0.15, 0.2) is 0 Å². The molecule has 1 rings (SSSR count). The van der Waals surface area contributed by atoms with E-state index < -0.39 is 13.7 Å². The van der Waals surface area contributed by atoms with Gasteiger partial charge < -0.3 is 4.43 Å². The topological polar surface area (TPSA) is 26.3 Å². The molecule has 1 aromatic rings. The van der Waals surface area contributed by atoms with Crippen molar-refractivity contribution >= 4 is 26.0 Å². The summed E-state index contributed by atoms with van der Waals surface area (Å²) in [6, 6.07) is 10.1. The molecular weight excluding hydrogens is 308 g/mol. The highest BCUT2D eigenvalue weighted by atomic mass is 32.2. The first kappa shape index (κ1) is 19.0. The zero-order chi connectivity index (χ0) is 17.0. The third-order valence-corrected chi connectivity index (χ3v) is 10.0. The summed E-state index contributed by atoms with van der Waals surface area (Å²) < 4.78 is 5.96. The number of carbonyl (C=O) groups excluding carboxylic acids is 1. The predicted molar refractivity (Wildman–Crippen MR) is 98.8 cm³/mol. The molecular formula is C18H28O2SSi. The van der Waals surface area contributed by atoms with Crippen molar-refractivity contribution in [2.45, 2.75) is 50.7 Å². The number of carbonyl (C=O) groups is 1. The van der Waals surface area contributed by atoms with E-state index in [2.05, 4.69) is 40.4 Å². The molecule has 0 aliphatic rings. The zero-order valence-electron chi connectivity index (χ0n) is 14.6. The molecule has 1 aromatic carbocycles. The summed E-state index contributed by atoms with van der Waals surface area (Å²) in [5.74, 6) is 0.478. The van der Waals surface area contributed by atoms with Crippen molar-refractivity contribution in [2.24, 2.45) is 5.41 Å². The van der Waals surface area contributed by atoms with Gasteiger partial charge in [0.05, 0.1) is 5.41 Å². The second-order valence-corrected chi connectivity index (χ2v) is 13.1. The van der Waals surface area contributed by atoms with Crippen molar-refractivity contribution < 1.29 is 9.22 Å². The van der Waals surface area contributed by atoms with Crippen LogP contribution in [0.4, 0.5) is 0 Å². The fourth-order valence-electron chi connectivity index (χ4n) is 1.45.